The monoisotopic (exact) mass is 418 g/mol. The van der Waals surface area contributed by atoms with Crippen molar-refractivity contribution in [2.24, 2.45) is 0 Å². The SMILES string of the molecule is Cc1cc(C)n(-c2ccc(NC(=O)c3ccccc3I)cn2)n1. The first-order valence-corrected chi connectivity index (χ1v) is 8.18. The van der Waals surface area contributed by atoms with E-state index in [0.717, 1.165) is 20.8 Å². The molecule has 1 N–H and O–H groups in total. The number of aryl methyl sites for hydroxylation is 2. The summed E-state index contributed by atoms with van der Waals surface area (Å²) in [6.45, 7) is 3.92. The molecule has 1 amide bonds. The van der Waals surface area contributed by atoms with Crippen LogP contribution in [-0.4, -0.2) is 20.7 Å². The van der Waals surface area contributed by atoms with E-state index in [-0.39, 0.29) is 5.91 Å². The summed E-state index contributed by atoms with van der Waals surface area (Å²) in [4.78, 5) is 16.7. The molecule has 0 spiro atoms. The summed E-state index contributed by atoms with van der Waals surface area (Å²) in [5.41, 5.74) is 3.27. The molecule has 0 unspecified atom stereocenters. The number of pyridine rings is 1. The van der Waals surface area contributed by atoms with Crippen LogP contribution in [0.2, 0.25) is 0 Å². The van der Waals surface area contributed by atoms with Crippen molar-refractivity contribution in [1.82, 2.24) is 14.8 Å². The van der Waals surface area contributed by atoms with Gasteiger partial charge in [0.15, 0.2) is 5.82 Å². The number of rotatable bonds is 3. The molecule has 0 radical (unpaired) electrons. The van der Waals surface area contributed by atoms with E-state index in [1.807, 2.05) is 50.2 Å². The van der Waals surface area contributed by atoms with Gasteiger partial charge in [-0.2, -0.15) is 5.10 Å². The van der Waals surface area contributed by atoms with Crippen LogP contribution in [-0.2, 0) is 0 Å². The van der Waals surface area contributed by atoms with E-state index >= 15 is 0 Å². The number of nitrogens with zero attached hydrogens (tertiary/aromatic N) is 3. The second kappa shape index (κ2) is 6.49. The van der Waals surface area contributed by atoms with Crippen molar-refractivity contribution in [2.45, 2.75) is 13.8 Å². The first-order valence-electron chi connectivity index (χ1n) is 7.10. The van der Waals surface area contributed by atoms with Gasteiger partial charge in [0, 0.05) is 9.26 Å². The minimum atomic E-state index is -0.143. The highest BCUT2D eigenvalue weighted by atomic mass is 127. The molecule has 3 rings (SSSR count). The Morgan fingerprint density at radius 1 is 1.17 bits per heavy atom. The first-order chi connectivity index (χ1) is 11.0. The van der Waals surface area contributed by atoms with E-state index < -0.39 is 0 Å². The molecule has 0 aliphatic rings. The number of carbonyl (C=O) groups is 1. The van der Waals surface area contributed by atoms with Gasteiger partial charge in [-0.3, -0.25) is 4.79 Å². The van der Waals surface area contributed by atoms with Gasteiger partial charge in [0.05, 0.1) is 23.1 Å². The van der Waals surface area contributed by atoms with Gasteiger partial charge in [0.1, 0.15) is 0 Å². The van der Waals surface area contributed by atoms with E-state index in [9.17, 15) is 4.79 Å². The second-order valence-electron chi connectivity index (χ2n) is 5.18. The standard InChI is InChI=1S/C17H15IN4O/c1-11-9-12(2)22(21-11)16-8-7-13(10-19-16)20-17(23)14-5-3-4-6-15(14)18/h3-10H,1-2H3,(H,20,23). The van der Waals surface area contributed by atoms with Crippen molar-refractivity contribution >= 4 is 34.2 Å². The summed E-state index contributed by atoms with van der Waals surface area (Å²) >= 11 is 2.15. The highest BCUT2D eigenvalue weighted by Gasteiger charge is 2.10. The Kier molecular flexibility index (Phi) is 4.42. The number of hydrogen-bond donors (Lipinski definition) is 1. The second-order valence-corrected chi connectivity index (χ2v) is 6.34. The molecule has 0 bridgehead atoms. The van der Waals surface area contributed by atoms with Crippen LogP contribution in [0.4, 0.5) is 5.69 Å². The zero-order valence-corrected chi connectivity index (χ0v) is 14.9. The number of hydrogen-bond acceptors (Lipinski definition) is 3. The molecule has 6 heteroatoms. The highest BCUT2D eigenvalue weighted by Crippen LogP contribution is 2.16. The lowest BCUT2D eigenvalue weighted by Gasteiger charge is -2.08. The predicted molar refractivity (Wildman–Crippen MR) is 97.9 cm³/mol. The molecular weight excluding hydrogens is 403 g/mol. The molecule has 0 atom stereocenters. The molecule has 23 heavy (non-hydrogen) atoms. The summed E-state index contributed by atoms with van der Waals surface area (Å²) in [5, 5.41) is 7.26. The van der Waals surface area contributed by atoms with Gasteiger partial charge < -0.3 is 5.32 Å². The summed E-state index contributed by atoms with van der Waals surface area (Å²) in [5.74, 6) is 0.582. The fourth-order valence-corrected chi connectivity index (χ4v) is 2.92. The number of benzene rings is 1. The smallest absolute Gasteiger partial charge is 0.256 e. The molecule has 5 nitrogen and oxygen atoms in total. The average Bonchev–Trinajstić information content (AvgIpc) is 2.87. The fourth-order valence-electron chi connectivity index (χ4n) is 2.29. The van der Waals surface area contributed by atoms with Crippen LogP contribution in [0.1, 0.15) is 21.7 Å². The summed E-state index contributed by atoms with van der Waals surface area (Å²) < 4.78 is 2.69. The van der Waals surface area contributed by atoms with Crippen LogP contribution in [0.15, 0.2) is 48.7 Å². The molecular formula is C17H15IN4O. The average molecular weight is 418 g/mol. The van der Waals surface area contributed by atoms with Crippen molar-refractivity contribution in [2.75, 3.05) is 5.32 Å². The van der Waals surface area contributed by atoms with E-state index in [0.29, 0.717) is 11.3 Å². The number of nitrogens with one attached hydrogen (secondary N) is 1. The fraction of sp³-hybridized carbons (Fsp3) is 0.118. The number of aromatic nitrogens is 3. The van der Waals surface area contributed by atoms with Crippen molar-refractivity contribution in [3.63, 3.8) is 0 Å². The van der Waals surface area contributed by atoms with Gasteiger partial charge in [-0.1, -0.05) is 12.1 Å². The van der Waals surface area contributed by atoms with Crippen LogP contribution in [0.5, 0.6) is 0 Å². The van der Waals surface area contributed by atoms with E-state index in [2.05, 4.69) is 38.0 Å². The van der Waals surface area contributed by atoms with E-state index in [1.54, 1.807) is 16.9 Å². The van der Waals surface area contributed by atoms with Crippen molar-refractivity contribution < 1.29 is 4.79 Å². The van der Waals surface area contributed by atoms with Crippen LogP contribution in [0.3, 0.4) is 0 Å². The number of halogens is 1. The summed E-state index contributed by atoms with van der Waals surface area (Å²) in [7, 11) is 0. The number of amides is 1. The molecule has 0 fully saturated rings. The first kappa shape index (κ1) is 15.7. The van der Waals surface area contributed by atoms with Crippen LogP contribution in [0.25, 0.3) is 5.82 Å². The molecule has 3 aromatic rings. The molecule has 0 saturated carbocycles. The molecule has 116 valence electrons. The molecule has 1 aromatic carbocycles. The van der Waals surface area contributed by atoms with E-state index in [4.69, 9.17) is 0 Å². The normalized spacial score (nSPS) is 10.6. The van der Waals surface area contributed by atoms with Crippen molar-refractivity contribution in [1.29, 1.82) is 0 Å². The Balaban J connectivity index is 1.79. The minimum absolute atomic E-state index is 0.143. The van der Waals surface area contributed by atoms with Gasteiger partial charge in [-0.25, -0.2) is 9.67 Å². The zero-order valence-electron chi connectivity index (χ0n) is 12.7. The Morgan fingerprint density at radius 2 is 1.96 bits per heavy atom. The third-order valence-corrected chi connectivity index (χ3v) is 4.29. The van der Waals surface area contributed by atoms with Gasteiger partial charge >= 0.3 is 0 Å². The Morgan fingerprint density at radius 3 is 2.57 bits per heavy atom. The van der Waals surface area contributed by atoms with Gasteiger partial charge in [-0.15, -0.1) is 0 Å². The maximum absolute atomic E-state index is 12.3. The van der Waals surface area contributed by atoms with Gasteiger partial charge in [0.25, 0.3) is 5.91 Å². The Hall–Kier alpha value is -2.22. The molecule has 2 aromatic heterocycles. The van der Waals surface area contributed by atoms with E-state index in [1.165, 1.54) is 0 Å². The van der Waals surface area contributed by atoms with Crippen molar-refractivity contribution in [3.8, 4) is 5.82 Å². The lowest BCUT2D eigenvalue weighted by molar-refractivity contribution is 0.102. The molecule has 0 aliphatic carbocycles. The molecule has 0 aliphatic heterocycles. The van der Waals surface area contributed by atoms with Gasteiger partial charge in [-0.05, 0) is 66.8 Å². The quantitative estimate of drug-likeness (QED) is 0.660. The molecule has 2 heterocycles. The summed E-state index contributed by atoms with van der Waals surface area (Å²) in [6.07, 6.45) is 1.64. The largest absolute Gasteiger partial charge is 0.321 e. The van der Waals surface area contributed by atoms with Gasteiger partial charge in [0.2, 0.25) is 0 Å². The van der Waals surface area contributed by atoms with Crippen LogP contribution in [0, 0.1) is 17.4 Å². The zero-order chi connectivity index (χ0) is 16.4. The lowest BCUT2D eigenvalue weighted by atomic mass is 10.2. The van der Waals surface area contributed by atoms with Crippen molar-refractivity contribution in [3.05, 3.63) is 69.2 Å². The summed E-state index contributed by atoms with van der Waals surface area (Å²) in [6, 6.07) is 13.1. The van der Waals surface area contributed by atoms with Crippen LogP contribution >= 0.6 is 22.6 Å². The topological polar surface area (TPSA) is 59.8 Å². The lowest BCUT2D eigenvalue weighted by Crippen LogP contribution is -2.13. The third-order valence-electron chi connectivity index (χ3n) is 3.35. The maximum atomic E-state index is 12.3. The maximum Gasteiger partial charge on any atom is 0.256 e. The minimum Gasteiger partial charge on any atom is -0.321 e. The number of carbonyl (C=O) groups excluding carboxylic acids is 1. The third kappa shape index (κ3) is 3.42. The highest BCUT2D eigenvalue weighted by molar-refractivity contribution is 14.1. The Labute approximate surface area is 147 Å². The Bertz CT molecular complexity index is 855. The van der Waals surface area contributed by atoms with Crippen LogP contribution < -0.4 is 5.32 Å². The predicted octanol–water partition coefficient (Wildman–Crippen LogP) is 3.74. The molecule has 0 saturated heterocycles. The number of anilines is 1.